The number of aliphatic hydroxyl groups is 2. The molecule has 0 aromatic heterocycles. The third kappa shape index (κ3) is 2.93. The van der Waals surface area contributed by atoms with E-state index in [-0.39, 0.29) is 6.42 Å². The molecule has 0 radical (unpaired) electrons. The van der Waals surface area contributed by atoms with Crippen LogP contribution in [-0.2, 0) is 4.79 Å². The molecule has 3 N–H and O–H groups in total. The maximum absolute atomic E-state index is 11.0. The number of carbonyl (C=O) groups is 1. The molecule has 94 valence electrons. The van der Waals surface area contributed by atoms with Gasteiger partial charge in [-0.2, -0.15) is 0 Å². The topological polar surface area (TPSA) is 81.0 Å². The molecule has 5 nitrogen and oxygen atoms in total. The molecule has 0 aliphatic carbocycles. The fraction of sp³-hybridized carbons (Fsp3) is 0.909. The molecule has 1 aliphatic rings. The summed E-state index contributed by atoms with van der Waals surface area (Å²) in [5.41, 5.74) is -0.849. The zero-order valence-electron chi connectivity index (χ0n) is 9.89. The Bertz CT molecular complexity index is 252. The summed E-state index contributed by atoms with van der Waals surface area (Å²) in [7, 11) is 0. The van der Waals surface area contributed by atoms with Gasteiger partial charge in [0.25, 0.3) is 0 Å². The number of hydrogen-bond donors (Lipinski definition) is 3. The fourth-order valence-corrected chi connectivity index (χ4v) is 2.16. The predicted molar refractivity (Wildman–Crippen MR) is 59.2 cm³/mol. The Labute approximate surface area is 95.7 Å². The summed E-state index contributed by atoms with van der Waals surface area (Å²) in [4.78, 5) is 12.7. The van der Waals surface area contributed by atoms with Crippen molar-refractivity contribution in [2.75, 3.05) is 13.1 Å². The van der Waals surface area contributed by atoms with Gasteiger partial charge in [-0.15, -0.1) is 0 Å². The predicted octanol–water partition coefficient (Wildman–Crippen LogP) is 0.0573. The second-order valence-corrected chi connectivity index (χ2v) is 4.60. The average Bonchev–Trinajstić information content (AvgIpc) is 2.59. The van der Waals surface area contributed by atoms with Gasteiger partial charge in [0.2, 0.25) is 0 Å². The van der Waals surface area contributed by atoms with Gasteiger partial charge in [0.15, 0.2) is 0 Å². The zero-order chi connectivity index (χ0) is 12.3. The van der Waals surface area contributed by atoms with E-state index < -0.39 is 23.7 Å². The molecular weight excluding hydrogens is 210 g/mol. The Balaban J connectivity index is 2.68. The highest BCUT2D eigenvalue weighted by atomic mass is 16.4. The number of nitrogens with zero attached hydrogens (tertiary/aromatic N) is 1. The molecule has 0 aromatic rings. The SMILES string of the molecule is CCC(O)(CC)CN1CC(O)CC1C(=O)O. The first-order valence-corrected chi connectivity index (χ1v) is 5.79. The summed E-state index contributed by atoms with van der Waals surface area (Å²) >= 11 is 0. The summed E-state index contributed by atoms with van der Waals surface area (Å²) in [5, 5.41) is 28.6. The highest BCUT2D eigenvalue weighted by Gasteiger charge is 2.39. The number of hydrogen-bond acceptors (Lipinski definition) is 4. The third-order valence-electron chi connectivity index (χ3n) is 3.48. The molecule has 1 heterocycles. The minimum atomic E-state index is -0.925. The lowest BCUT2D eigenvalue weighted by molar-refractivity contribution is -0.143. The van der Waals surface area contributed by atoms with Gasteiger partial charge in [-0.1, -0.05) is 13.8 Å². The van der Waals surface area contributed by atoms with Crippen LogP contribution in [0.5, 0.6) is 0 Å². The zero-order valence-corrected chi connectivity index (χ0v) is 9.89. The van der Waals surface area contributed by atoms with E-state index in [4.69, 9.17) is 5.11 Å². The highest BCUT2D eigenvalue weighted by molar-refractivity contribution is 5.74. The molecule has 5 heteroatoms. The van der Waals surface area contributed by atoms with Gasteiger partial charge in [-0.3, -0.25) is 9.69 Å². The van der Waals surface area contributed by atoms with Crippen molar-refractivity contribution in [2.45, 2.75) is 50.9 Å². The van der Waals surface area contributed by atoms with Gasteiger partial charge in [0, 0.05) is 19.5 Å². The van der Waals surface area contributed by atoms with E-state index in [1.807, 2.05) is 13.8 Å². The summed E-state index contributed by atoms with van der Waals surface area (Å²) in [6.45, 7) is 4.41. The van der Waals surface area contributed by atoms with Crippen molar-refractivity contribution in [3.63, 3.8) is 0 Å². The monoisotopic (exact) mass is 231 g/mol. The van der Waals surface area contributed by atoms with E-state index in [2.05, 4.69) is 0 Å². The Hall–Kier alpha value is -0.650. The molecule has 0 spiro atoms. The van der Waals surface area contributed by atoms with Crippen LogP contribution >= 0.6 is 0 Å². The van der Waals surface area contributed by atoms with Crippen LogP contribution in [0, 0.1) is 0 Å². The minimum Gasteiger partial charge on any atom is -0.480 e. The van der Waals surface area contributed by atoms with Gasteiger partial charge in [0.05, 0.1) is 11.7 Å². The Morgan fingerprint density at radius 3 is 2.44 bits per heavy atom. The van der Waals surface area contributed by atoms with E-state index >= 15 is 0 Å². The molecular formula is C11H21NO4. The first kappa shape index (κ1) is 13.4. The molecule has 0 amide bonds. The van der Waals surface area contributed by atoms with Crippen LogP contribution < -0.4 is 0 Å². The lowest BCUT2D eigenvalue weighted by Gasteiger charge is -2.32. The molecule has 1 aliphatic heterocycles. The van der Waals surface area contributed by atoms with Crippen LogP contribution in [0.4, 0.5) is 0 Å². The van der Waals surface area contributed by atoms with Crippen molar-refractivity contribution in [3.8, 4) is 0 Å². The number of likely N-dealkylation sites (tertiary alicyclic amines) is 1. The van der Waals surface area contributed by atoms with Crippen molar-refractivity contribution in [1.82, 2.24) is 4.90 Å². The van der Waals surface area contributed by atoms with Gasteiger partial charge in [-0.25, -0.2) is 0 Å². The summed E-state index contributed by atoms with van der Waals surface area (Å²) in [5.74, 6) is -0.925. The van der Waals surface area contributed by atoms with Crippen molar-refractivity contribution >= 4 is 5.97 Å². The first-order chi connectivity index (χ1) is 7.41. The number of aliphatic hydroxyl groups excluding tert-OH is 1. The van der Waals surface area contributed by atoms with Crippen molar-refractivity contribution in [2.24, 2.45) is 0 Å². The second-order valence-electron chi connectivity index (χ2n) is 4.60. The molecule has 1 saturated heterocycles. The second kappa shape index (κ2) is 5.12. The van der Waals surface area contributed by atoms with E-state index in [0.29, 0.717) is 25.9 Å². The third-order valence-corrected chi connectivity index (χ3v) is 3.48. The molecule has 16 heavy (non-hydrogen) atoms. The largest absolute Gasteiger partial charge is 0.480 e. The van der Waals surface area contributed by atoms with Crippen LogP contribution in [0.2, 0.25) is 0 Å². The normalized spacial score (nSPS) is 27.2. The molecule has 0 bridgehead atoms. The standard InChI is InChI=1S/C11H21NO4/c1-3-11(16,4-2)7-12-6-8(13)5-9(12)10(14)15/h8-9,13,16H,3-7H2,1-2H3,(H,14,15). The lowest BCUT2D eigenvalue weighted by atomic mass is 9.96. The van der Waals surface area contributed by atoms with Gasteiger partial charge < -0.3 is 15.3 Å². The number of carboxylic acid groups (broad SMARTS) is 1. The molecule has 1 rings (SSSR count). The number of β-amino-alcohol motifs (C(OH)–C–C–N with tert-alkyl or cyclic N) is 2. The summed E-state index contributed by atoms with van der Waals surface area (Å²) in [6, 6.07) is -0.667. The molecule has 0 saturated carbocycles. The minimum absolute atomic E-state index is 0.249. The quantitative estimate of drug-likeness (QED) is 0.623. The highest BCUT2D eigenvalue weighted by Crippen LogP contribution is 2.24. The molecule has 0 aromatic carbocycles. The maximum atomic E-state index is 11.0. The molecule has 2 unspecified atom stereocenters. The van der Waals surface area contributed by atoms with Gasteiger partial charge in [0.1, 0.15) is 6.04 Å². The van der Waals surface area contributed by atoms with Gasteiger partial charge in [-0.05, 0) is 12.8 Å². The Morgan fingerprint density at radius 1 is 1.44 bits per heavy atom. The Kier molecular flexibility index (Phi) is 4.29. The summed E-state index contributed by atoms with van der Waals surface area (Å²) < 4.78 is 0. The van der Waals surface area contributed by atoms with Gasteiger partial charge >= 0.3 is 5.97 Å². The summed E-state index contributed by atoms with van der Waals surface area (Å²) in [6.07, 6.45) is 0.822. The lowest BCUT2D eigenvalue weighted by Crippen LogP contribution is -2.46. The van der Waals surface area contributed by atoms with Crippen molar-refractivity contribution < 1.29 is 20.1 Å². The van der Waals surface area contributed by atoms with E-state index in [1.54, 1.807) is 4.90 Å². The number of rotatable bonds is 5. The van der Waals surface area contributed by atoms with E-state index in [0.717, 1.165) is 0 Å². The van der Waals surface area contributed by atoms with Crippen LogP contribution in [0.25, 0.3) is 0 Å². The van der Waals surface area contributed by atoms with E-state index in [9.17, 15) is 15.0 Å². The smallest absolute Gasteiger partial charge is 0.321 e. The Morgan fingerprint density at radius 2 is 2.00 bits per heavy atom. The van der Waals surface area contributed by atoms with Crippen LogP contribution in [0.3, 0.4) is 0 Å². The van der Waals surface area contributed by atoms with Crippen molar-refractivity contribution in [3.05, 3.63) is 0 Å². The maximum Gasteiger partial charge on any atom is 0.321 e. The van der Waals surface area contributed by atoms with Crippen LogP contribution in [0.15, 0.2) is 0 Å². The van der Waals surface area contributed by atoms with E-state index in [1.165, 1.54) is 0 Å². The molecule has 1 fully saturated rings. The number of carboxylic acids is 1. The van der Waals surface area contributed by atoms with Crippen LogP contribution in [-0.4, -0.2) is 57.0 Å². The number of aliphatic carboxylic acids is 1. The molecule has 2 atom stereocenters. The van der Waals surface area contributed by atoms with Crippen LogP contribution in [0.1, 0.15) is 33.1 Å². The van der Waals surface area contributed by atoms with Crippen molar-refractivity contribution in [1.29, 1.82) is 0 Å². The first-order valence-electron chi connectivity index (χ1n) is 5.79. The average molecular weight is 231 g/mol. The fourth-order valence-electron chi connectivity index (χ4n) is 2.16.